The van der Waals surface area contributed by atoms with Crippen molar-refractivity contribution in [2.45, 2.75) is 25.1 Å². The van der Waals surface area contributed by atoms with E-state index >= 15 is 0 Å². The molecule has 1 aliphatic carbocycles. The monoisotopic (exact) mass is 310 g/mol. The number of hydrogen-bond acceptors (Lipinski definition) is 3. The molecule has 22 heavy (non-hydrogen) atoms. The summed E-state index contributed by atoms with van der Waals surface area (Å²) >= 11 is 0. The summed E-state index contributed by atoms with van der Waals surface area (Å²) in [6.45, 7) is 0.365. The molecule has 2 fully saturated rings. The number of amides is 1. The van der Waals surface area contributed by atoms with Gasteiger partial charge in [0.25, 0.3) is 5.91 Å². The average molecular weight is 310 g/mol. The van der Waals surface area contributed by atoms with E-state index in [9.17, 15) is 18.0 Å². The topological polar surface area (TPSA) is 50.5 Å². The van der Waals surface area contributed by atoms with Crippen molar-refractivity contribution in [2.24, 2.45) is 11.8 Å². The molecule has 4 rings (SSSR count). The number of nitrogens with zero attached hydrogens (tertiary/aromatic N) is 4. The Balaban J connectivity index is 1.66. The normalized spacial score (nSPS) is 27.8. The van der Waals surface area contributed by atoms with Gasteiger partial charge in [-0.25, -0.2) is 0 Å². The quantitative estimate of drug-likeness (QED) is 0.811. The highest BCUT2D eigenvalue weighted by Gasteiger charge is 2.67. The summed E-state index contributed by atoms with van der Waals surface area (Å²) in [5.41, 5.74) is 0.820. The van der Waals surface area contributed by atoms with Gasteiger partial charge in [0.15, 0.2) is 0 Å². The molecule has 1 aliphatic heterocycles. The van der Waals surface area contributed by atoms with E-state index in [4.69, 9.17) is 0 Å². The van der Waals surface area contributed by atoms with Crippen LogP contribution in [0.4, 0.5) is 13.2 Å². The molecule has 1 saturated carbocycles. The van der Waals surface area contributed by atoms with Gasteiger partial charge in [-0.1, -0.05) is 0 Å². The van der Waals surface area contributed by atoms with Crippen LogP contribution in [0.25, 0.3) is 5.52 Å². The molecule has 8 heteroatoms. The fourth-order valence-corrected chi connectivity index (χ4v) is 3.60. The number of carbonyl (C=O) groups is 1. The van der Waals surface area contributed by atoms with Crippen molar-refractivity contribution in [3.63, 3.8) is 0 Å². The lowest BCUT2D eigenvalue weighted by Crippen LogP contribution is -2.38. The molecule has 0 aromatic carbocycles. The van der Waals surface area contributed by atoms with Gasteiger partial charge in [-0.3, -0.25) is 4.79 Å². The van der Waals surface area contributed by atoms with Gasteiger partial charge < -0.3 is 4.90 Å². The average Bonchev–Trinajstić information content (AvgIpc) is 3.10. The van der Waals surface area contributed by atoms with E-state index in [0.29, 0.717) is 30.5 Å². The number of rotatable bonds is 1. The van der Waals surface area contributed by atoms with Gasteiger partial charge in [-0.05, 0) is 30.9 Å². The molecule has 0 N–H and O–H groups in total. The summed E-state index contributed by atoms with van der Waals surface area (Å²) in [6, 6.07) is 2.64. The lowest BCUT2D eigenvalue weighted by atomic mass is 10.1. The van der Waals surface area contributed by atoms with Gasteiger partial charge in [0.05, 0.1) is 17.7 Å². The molecular formula is C14H13F3N4O. The van der Waals surface area contributed by atoms with Gasteiger partial charge in [0, 0.05) is 18.8 Å². The zero-order chi connectivity index (χ0) is 15.5. The number of halogens is 3. The standard InChI is InChI=1S/C14H13F3N4O/c15-14(16,17)11-8-3-2-6-20(12(8)11)13(22)9-7-19-21-10(9)4-1-5-18-21/h1,4-5,7-8,11-12H,2-3,6H2. The second-order valence-corrected chi connectivity index (χ2v) is 5.82. The predicted octanol–water partition coefficient (Wildman–Crippen LogP) is 2.14. The summed E-state index contributed by atoms with van der Waals surface area (Å²) in [4.78, 5) is 14.0. The Morgan fingerprint density at radius 3 is 2.91 bits per heavy atom. The second kappa shape index (κ2) is 4.44. The van der Waals surface area contributed by atoms with Crippen molar-refractivity contribution < 1.29 is 18.0 Å². The molecule has 116 valence electrons. The molecule has 1 saturated heterocycles. The zero-order valence-electron chi connectivity index (χ0n) is 11.5. The van der Waals surface area contributed by atoms with Crippen molar-refractivity contribution >= 4 is 11.4 Å². The van der Waals surface area contributed by atoms with Crippen LogP contribution in [0.15, 0.2) is 24.5 Å². The van der Waals surface area contributed by atoms with Gasteiger partial charge in [0.1, 0.15) is 5.52 Å². The number of fused-ring (bicyclic) bond motifs is 2. The molecule has 0 spiro atoms. The molecule has 0 radical (unpaired) electrons. The first kappa shape index (κ1) is 13.5. The summed E-state index contributed by atoms with van der Waals surface area (Å²) in [6.07, 6.45) is -0.183. The zero-order valence-corrected chi connectivity index (χ0v) is 11.5. The van der Waals surface area contributed by atoms with Crippen LogP contribution in [-0.4, -0.2) is 44.4 Å². The number of piperidine rings is 1. The van der Waals surface area contributed by atoms with Crippen LogP contribution in [0, 0.1) is 11.8 Å². The maximum atomic E-state index is 13.0. The van der Waals surface area contributed by atoms with Gasteiger partial charge in [-0.2, -0.15) is 28.0 Å². The smallest absolute Gasteiger partial charge is 0.335 e. The number of likely N-dealkylation sites (tertiary alicyclic amines) is 1. The summed E-state index contributed by atoms with van der Waals surface area (Å²) < 4.78 is 40.3. The van der Waals surface area contributed by atoms with E-state index in [1.807, 2.05) is 0 Å². The van der Waals surface area contributed by atoms with E-state index in [-0.39, 0.29) is 5.91 Å². The minimum absolute atomic E-state index is 0.307. The van der Waals surface area contributed by atoms with E-state index in [2.05, 4.69) is 10.2 Å². The number of hydrogen-bond donors (Lipinski definition) is 0. The third-order valence-corrected chi connectivity index (χ3v) is 4.60. The van der Waals surface area contributed by atoms with Crippen molar-refractivity contribution in [3.05, 3.63) is 30.1 Å². The number of aromatic nitrogens is 3. The molecule has 3 atom stereocenters. The molecule has 1 amide bonds. The van der Waals surface area contributed by atoms with Gasteiger partial charge in [-0.15, -0.1) is 0 Å². The third-order valence-electron chi connectivity index (χ3n) is 4.60. The highest BCUT2D eigenvalue weighted by molar-refractivity contribution is 6.00. The Morgan fingerprint density at radius 1 is 1.32 bits per heavy atom. The van der Waals surface area contributed by atoms with Crippen molar-refractivity contribution in [1.82, 2.24) is 19.7 Å². The maximum Gasteiger partial charge on any atom is 0.394 e. The largest absolute Gasteiger partial charge is 0.394 e. The van der Waals surface area contributed by atoms with Crippen LogP contribution in [-0.2, 0) is 0 Å². The van der Waals surface area contributed by atoms with Crippen LogP contribution in [0.5, 0.6) is 0 Å². The first-order chi connectivity index (χ1) is 10.5. The minimum Gasteiger partial charge on any atom is -0.335 e. The predicted molar refractivity (Wildman–Crippen MR) is 70.1 cm³/mol. The van der Waals surface area contributed by atoms with Crippen LogP contribution >= 0.6 is 0 Å². The minimum atomic E-state index is -4.24. The van der Waals surface area contributed by atoms with E-state index < -0.39 is 24.1 Å². The summed E-state index contributed by atoms with van der Waals surface area (Å²) in [5.74, 6) is -2.21. The van der Waals surface area contributed by atoms with Crippen molar-refractivity contribution in [1.29, 1.82) is 0 Å². The van der Waals surface area contributed by atoms with Crippen LogP contribution in [0.3, 0.4) is 0 Å². The molecule has 0 bridgehead atoms. The Kier molecular flexibility index (Phi) is 2.73. The maximum absolute atomic E-state index is 13.0. The van der Waals surface area contributed by atoms with Crippen LogP contribution in [0.2, 0.25) is 0 Å². The Labute approximate surface area is 123 Å². The summed E-state index contributed by atoms with van der Waals surface area (Å²) in [7, 11) is 0. The number of carbonyl (C=O) groups excluding carboxylic acids is 1. The fourth-order valence-electron chi connectivity index (χ4n) is 3.60. The molecule has 3 unspecified atom stereocenters. The lowest BCUT2D eigenvalue weighted by molar-refractivity contribution is -0.153. The van der Waals surface area contributed by atoms with Crippen LogP contribution in [0.1, 0.15) is 23.2 Å². The fraction of sp³-hybridized carbons (Fsp3) is 0.500. The molecule has 3 heterocycles. The van der Waals surface area contributed by atoms with Gasteiger partial charge >= 0.3 is 6.18 Å². The first-order valence-electron chi connectivity index (χ1n) is 7.15. The Morgan fingerprint density at radius 2 is 2.14 bits per heavy atom. The van der Waals surface area contributed by atoms with Crippen LogP contribution < -0.4 is 0 Å². The highest BCUT2D eigenvalue weighted by Crippen LogP contribution is 2.57. The lowest BCUT2D eigenvalue weighted by Gasteiger charge is -2.26. The number of alkyl halides is 3. The van der Waals surface area contributed by atoms with E-state index in [1.54, 1.807) is 12.1 Å². The SMILES string of the molecule is O=C(c1cnn2ncccc12)N1CCCC2C1C2C(F)(F)F. The highest BCUT2D eigenvalue weighted by atomic mass is 19.4. The van der Waals surface area contributed by atoms with Crippen molar-refractivity contribution in [3.8, 4) is 0 Å². The van der Waals surface area contributed by atoms with Crippen molar-refractivity contribution in [2.75, 3.05) is 6.54 Å². The van der Waals surface area contributed by atoms with E-state index in [0.717, 1.165) is 0 Å². The van der Waals surface area contributed by atoms with Gasteiger partial charge in [0.2, 0.25) is 0 Å². The molecule has 2 aromatic rings. The molecule has 5 nitrogen and oxygen atoms in total. The molecular weight excluding hydrogens is 297 g/mol. The third kappa shape index (κ3) is 1.89. The first-order valence-corrected chi connectivity index (χ1v) is 7.15. The molecule has 2 aliphatic rings. The summed E-state index contributed by atoms with van der Waals surface area (Å²) in [5, 5.41) is 7.94. The second-order valence-electron chi connectivity index (χ2n) is 5.82. The Hall–Kier alpha value is -2.12. The van der Waals surface area contributed by atoms with E-state index in [1.165, 1.54) is 21.9 Å². The Bertz CT molecular complexity index is 741. The molecule has 2 aromatic heterocycles.